The lowest BCUT2D eigenvalue weighted by atomic mass is 9.90. The van der Waals surface area contributed by atoms with Crippen LogP contribution in [0.4, 0.5) is 5.69 Å². The summed E-state index contributed by atoms with van der Waals surface area (Å²) in [6, 6.07) is 9.66. The van der Waals surface area contributed by atoms with Crippen LogP contribution < -0.4 is 10.2 Å². The number of nitrogens with one attached hydrogen (secondary N) is 1. The van der Waals surface area contributed by atoms with Gasteiger partial charge in [0.1, 0.15) is 0 Å². The minimum atomic E-state index is -0.204. The van der Waals surface area contributed by atoms with Crippen LogP contribution >= 0.6 is 0 Å². The molecule has 0 aliphatic carbocycles. The summed E-state index contributed by atoms with van der Waals surface area (Å²) in [6.45, 7) is 11.5. The fourth-order valence-electron chi connectivity index (χ4n) is 5.24. The number of likely N-dealkylation sites (tertiary alicyclic amines) is 1. The van der Waals surface area contributed by atoms with Crippen molar-refractivity contribution in [2.75, 3.05) is 44.2 Å². The van der Waals surface area contributed by atoms with Gasteiger partial charge in [0.15, 0.2) is 0 Å². The maximum atomic E-state index is 12.1. The van der Waals surface area contributed by atoms with E-state index < -0.39 is 0 Å². The Balaban J connectivity index is 1.29. The van der Waals surface area contributed by atoms with Crippen LogP contribution in [-0.4, -0.2) is 73.0 Å². The zero-order valence-electron chi connectivity index (χ0n) is 18.5. The third kappa shape index (κ3) is 4.86. The van der Waals surface area contributed by atoms with Gasteiger partial charge in [-0.25, -0.2) is 0 Å². The Hall–Kier alpha value is -1.92. The maximum Gasteiger partial charge on any atom is 0.234 e. The second kappa shape index (κ2) is 9.48. The average Bonchev–Trinajstić information content (AvgIpc) is 2.74. The Morgan fingerprint density at radius 3 is 2.30 bits per heavy atom. The summed E-state index contributed by atoms with van der Waals surface area (Å²) in [5.74, 6) is -0.525. The predicted octanol–water partition coefficient (Wildman–Crippen LogP) is 2.59. The van der Waals surface area contributed by atoms with Crippen LogP contribution in [0.15, 0.2) is 24.3 Å². The molecule has 1 aromatic rings. The fourth-order valence-corrected chi connectivity index (χ4v) is 5.24. The van der Waals surface area contributed by atoms with Gasteiger partial charge in [0.05, 0.1) is 5.92 Å². The van der Waals surface area contributed by atoms with Crippen LogP contribution in [0.5, 0.6) is 0 Å². The van der Waals surface area contributed by atoms with Gasteiger partial charge >= 0.3 is 0 Å². The van der Waals surface area contributed by atoms with E-state index in [2.05, 4.69) is 58.1 Å². The molecule has 3 atom stereocenters. The van der Waals surface area contributed by atoms with Crippen LogP contribution in [0.3, 0.4) is 0 Å². The van der Waals surface area contributed by atoms with Gasteiger partial charge < -0.3 is 4.90 Å². The predicted molar refractivity (Wildman–Crippen MR) is 120 cm³/mol. The van der Waals surface area contributed by atoms with Gasteiger partial charge in [-0.2, -0.15) is 0 Å². The summed E-state index contributed by atoms with van der Waals surface area (Å²) in [6.07, 6.45) is 5.11. The zero-order chi connectivity index (χ0) is 21.1. The number of hydrogen-bond acceptors (Lipinski definition) is 5. The highest BCUT2D eigenvalue weighted by molar-refractivity contribution is 6.00. The highest BCUT2D eigenvalue weighted by Crippen LogP contribution is 2.27. The van der Waals surface area contributed by atoms with Crippen LogP contribution in [0, 0.1) is 0 Å². The number of nitrogens with zero attached hydrogens (tertiary/aromatic N) is 3. The van der Waals surface area contributed by atoms with E-state index in [1.165, 1.54) is 38.0 Å². The number of benzene rings is 1. The van der Waals surface area contributed by atoms with E-state index in [9.17, 15) is 9.59 Å². The summed E-state index contributed by atoms with van der Waals surface area (Å²) in [5, 5.41) is 2.46. The van der Waals surface area contributed by atoms with E-state index in [1.54, 1.807) is 0 Å². The molecule has 164 valence electrons. The molecule has 2 amide bonds. The molecule has 3 aliphatic heterocycles. The number of piperazine rings is 1. The smallest absolute Gasteiger partial charge is 0.234 e. The summed E-state index contributed by atoms with van der Waals surface area (Å²) in [5.41, 5.74) is 2.23. The van der Waals surface area contributed by atoms with Crippen LogP contribution in [0.2, 0.25) is 0 Å². The van der Waals surface area contributed by atoms with Gasteiger partial charge in [0.25, 0.3) is 0 Å². The standard InChI is InChI=1S/C24H36N4O2/c1-18-5-3-4-12-26(18)13-14-27-15-16-28(17-19(27)2)21-8-6-20(7-9-21)22-10-11-23(29)25-24(22)30/h6-9,18-19,22H,3-5,10-17H2,1-2H3,(H,25,29,30)/t18-,19?,22?/m0/s1. The number of anilines is 1. The number of hydrogen-bond donors (Lipinski definition) is 1. The Morgan fingerprint density at radius 2 is 1.63 bits per heavy atom. The number of imide groups is 1. The van der Waals surface area contributed by atoms with Crippen LogP contribution in [0.1, 0.15) is 57.4 Å². The first-order valence-electron chi connectivity index (χ1n) is 11.7. The van der Waals surface area contributed by atoms with E-state index in [4.69, 9.17) is 0 Å². The molecule has 6 nitrogen and oxygen atoms in total. The van der Waals surface area contributed by atoms with Crippen molar-refractivity contribution in [3.05, 3.63) is 29.8 Å². The minimum Gasteiger partial charge on any atom is -0.369 e. The Kier molecular flexibility index (Phi) is 6.74. The normalized spacial score (nSPS) is 29.1. The number of carbonyl (C=O) groups is 2. The fraction of sp³-hybridized carbons (Fsp3) is 0.667. The molecule has 3 fully saturated rings. The first-order valence-corrected chi connectivity index (χ1v) is 11.7. The molecule has 1 aromatic carbocycles. The largest absolute Gasteiger partial charge is 0.369 e. The van der Waals surface area contributed by atoms with Crippen molar-refractivity contribution in [2.24, 2.45) is 0 Å². The first kappa shape index (κ1) is 21.3. The van der Waals surface area contributed by atoms with Gasteiger partial charge in [0, 0.05) is 56.9 Å². The second-order valence-electron chi connectivity index (χ2n) is 9.31. The molecule has 4 rings (SSSR count). The molecule has 0 saturated carbocycles. The average molecular weight is 413 g/mol. The van der Waals surface area contributed by atoms with E-state index in [0.717, 1.165) is 37.8 Å². The molecular formula is C24H36N4O2. The van der Waals surface area contributed by atoms with Crippen molar-refractivity contribution in [3.63, 3.8) is 0 Å². The molecule has 2 unspecified atom stereocenters. The molecule has 0 radical (unpaired) electrons. The van der Waals surface area contributed by atoms with Gasteiger partial charge in [-0.1, -0.05) is 18.6 Å². The number of piperidine rings is 2. The molecule has 30 heavy (non-hydrogen) atoms. The molecule has 3 heterocycles. The Morgan fingerprint density at radius 1 is 0.900 bits per heavy atom. The van der Waals surface area contributed by atoms with Gasteiger partial charge in [-0.05, 0) is 57.4 Å². The number of rotatable bonds is 5. The van der Waals surface area contributed by atoms with E-state index in [-0.39, 0.29) is 17.7 Å². The maximum absolute atomic E-state index is 12.1. The van der Waals surface area contributed by atoms with Crippen molar-refractivity contribution >= 4 is 17.5 Å². The minimum absolute atomic E-state index is 0.158. The molecule has 1 N–H and O–H groups in total. The molecule has 6 heteroatoms. The molecule has 0 spiro atoms. The van der Waals surface area contributed by atoms with Gasteiger partial charge in [-0.3, -0.25) is 24.7 Å². The van der Waals surface area contributed by atoms with Crippen LogP contribution in [-0.2, 0) is 9.59 Å². The molecular weight excluding hydrogens is 376 g/mol. The summed E-state index contributed by atoms with van der Waals surface area (Å²) < 4.78 is 0. The first-order chi connectivity index (χ1) is 14.5. The molecule has 3 aliphatic rings. The summed E-state index contributed by atoms with van der Waals surface area (Å²) in [4.78, 5) is 31.2. The lowest BCUT2D eigenvalue weighted by Gasteiger charge is -2.42. The summed E-state index contributed by atoms with van der Waals surface area (Å²) >= 11 is 0. The zero-order valence-corrected chi connectivity index (χ0v) is 18.5. The third-order valence-corrected chi connectivity index (χ3v) is 7.28. The van der Waals surface area contributed by atoms with Gasteiger partial charge in [0.2, 0.25) is 11.8 Å². The molecule has 0 bridgehead atoms. The number of amides is 2. The van der Waals surface area contributed by atoms with Crippen molar-refractivity contribution in [2.45, 2.75) is 64.0 Å². The Labute approximate surface area is 180 Å². The lowest BCUT2D eigenvalue weighted by molar-refractivity contribution is -0.134. The SMILES string of the molecule is CC1CN(c2ccc(C3CCC(=O)NC3=O)cc2)CCN1CCN1CCCC[C@@H]1C. The van der Waals surface area contributed by atoms with Crippen molar-refractivity contribution in [1.29, 1.82) is 0 Å². The van der Waals surface area contributed by atoms with Crippen molar-refractivity contribution < 1.29 is 9.59 Å². The van der Waals surface area contributed by atoms with E-state index in [0.29, 0.717) is 18.9 Å². The highest BCUT2D eigenvalue weighted by atomic mass is 16.2. The molecule has 3 saturated heterocycles. The van der Waals surface area contributed by atoms with Gasteiger partial charge in [-0.15, -0.1) is 0 Å². The summed E-state index contributed by atoms with van der Waals surface area (Å²) in [7, 11) is 0. The van der Waals surface area contributed by atoms with Crippen molar-refractivity contribution in [1.82, 2.24) is 15.1 Å². The highest BCUT2D eigenvalue weighted by Gasteiger charge is 2.29. The van der Waals surface area contributed by atoms with Crippen LogP contribution in [0.25, 0.3) is 0 Å². The monoisotopic (exact) mass is 412 g/mol. The molecule has 0 aromatic heterocycles. The van der Waals surface area contributed by atoms with Crippen molar-refractivity contribution in [3.8, 4) is 0 Å². The lowest BCUT2D eigenvalue weighted by Crippen LogP contribution is -2.54. The number of carbonyl (C=O) groups excluding carboxylic acids is 2. The quantitative estimate of drug-likeness (QED) is 0.754. The Bertz CT molecular complexity index is 750. The topological polar surface area (TPSA) is 55.9 Å². The van der Waals surface area contributed by atoms with E-state index in [1.807, 2.05) is 0 Å². The third-order valence-electron chi connectivity index (χ3n) is 7.28. The van der Waals surface area contributed by atoms with E-state index >= 15 is 0 Å². The second-order valence-corrected chi connectivity index (χ2v) is 9.31.